The van der Waals surface area contributed by atoms with E-state index in [2.05, 4.69) is 35.2 Å². The van der Waals surface area contributed by atoms with Gasteiger partial charge in [-0.05, 0) is 38.0 Å². The van der Waals surface area contributed by atoms with E-state index in [0.29, 0.717) is 21.8 Å². The number of pyridine rings is 1. The molecule has 136 valence electrons. The molecule has 1 saturated carbocycles. The van der Waals surface area contributed by atoms with Gasteiger partial charge < -0.3 is 4.57 Å². The average Bonchev–Trinajstić information content (AvgIpc) is 3.23. The maximum Gasteiger partial charge on any atom is 0.265 e. The van der Waals surface area contributed by atoms with E-state index in [0.717, 1.165) is 24.1 Å². The molecule has 0 radical (unpaired) electrons. The lowest BCUT2D eigenvalue weighted by Gasteiger charge is -2.12. The number of halogens is 1. The molecule has 3 aromatic rings. The topological polar surface area (TPSA) is 76.9 Å². The van der Waals surface area contributed by atoms with E-state index in [1.54, 1.807) is 24.5 Å². The number of anilines is 1. The fourth-order valence-corrected chi connectivity index (χ4v) is 5.43. The lowest BCUT2D eigenvalue weighted by Crippen LogP contribution is -2.14. The molecule has 0 aliphatic heterocycles. The monoisotopic (exact) mass is 434 g/mol. The molecule has 6 nitrogen and oxygen atoms in total. The van der Waals surface area contributed by atoms with E-state index in [-0.39, 0.29) is 4.90 Å². The lowest BCUT2D eigenvalue weighted by atomic mass is 10.2. The number of aromatic nitrogens is 3. The van der Waals surface area contributed by atoms with Crippen molar-refractivity contribution in [3.8, 4) is 0 Å². The maximum atomic E-state index is 13.0. The van der Waals surface area contributed by atoms with Crippen LogP contribution in [0.15, 0.2) is 46.0 Å². The summed E-state index contributed by atoms with van der Waals surface area (Å²) in [5.41, 5.74) is 0.440. The van der Waals surface area contributed by atoms with Crippen LogP contribution in [-0.4, -0.2) is 23.0 Å². The Morgan fingerprint density at radius 2 is 2.04 bits per heavy atom. The first kappa shape index (κ1) is 17.5. The van der Waals surface area contributed by atoms with Gasteiger partial charge in [-0.15, -0.1) is 0 Å². The predicted octanol–water partition coefficient (Wildman–Crippen LogP) is 4.42. The van der Waals surface area contributed by atoms with Crippen LogP contribution in [-0.2, 0) is 10.0 Å². The molecule has 1 fully saturated rings. The number of imidazole rings is 1. The van der Waals surface area contributed by atoms with Gasteiger partial charge in [0, 0.05) is 28.3 Å². The number of fused-ring (bicyclic) bond motifs is 1. The smallest absolute Gasteiger partial charge is 0.265 e. The quantitative estimate of drug-likeness (QED) is 0.658. The SMILES string of the molecule is Cc1nc(NS(=O)(=O)c2cc(Br)cc3cccnc23)cn1C1CCCC1. The van der Waals surface area contributed by atoms with E-state index in [4.69, 9.17) is 0 Å². The van der Waals surface area contributed by atoms with Crippen molar-refractivity contribution in [2.75, 3.05) is 4.72 Å². The number of benzene rings is 1. The Morgan fingerprint density at radius 3 is 2.81 bits per heavy atom. The summed E-state index contributed by atoms with van der Waals surface area (Å²) in [6.07, 6.45) is 8.04. The van der Waals surface area contributed by atoms with Gasteiger partial charge in [0.25, 0.3) is 10.0 Å². The number of nitrogens with one attached hydrogen (secondary N) is 1. The summed E-state index contributed by atoms with van der Waals surface area (Å²) in [7, 11) is -3.81. The molecule has 0 unspecified atom stereocenters. The Labute approximate surface area is 160 Å². The van der Waals surface area contributed by atoms with Crippen LogP contribution in [0.4, 0.5) is 5.82 Å². The minimum atomic E-state index is -3.81. The Kier molecular flexibility index (Phi) is 4.48. The van der Waals surface area contributed by atoms with Crippen LogP contribution in [0, 0.1) is 6.92 Å². The first-order valence-corrected chi connectivity index (χ1v) is 10.8. The second kappa shape index (κ2) is 6.66. The van der Waals surface area contributed by atoms with Crippen molar-refractivity contribution in [1.29, 1.82) is 0 Å². The third-order valence-electron chi connectivity index (χ3n) is 4.80. The first-order chi connectivity index (χ1) is 12.4. The molecular weight excluding hydrogens is 416 g/mol. The predicted molar refractivity (Wildman–Crippen MR) is 105 cm³/mol. The van der Waals surface area contributed by atoms with E-state index >= 15 is 0 Å². The highest BCUT2D eigenvalue weighted by atomic mass is 79.9. The molecule has 0 bridgehead atoms. The number of aryl methyl sites for hydroxylation is 1. The minimum Gasteiger partial charge on any atom is -0.330 e. The van der Waals surface area contributed by atoms with Crippen molar-refractivity contribution < 1.29 is 8.42 Å². The van der Waals surface area contributed by atoms with Crippen molar-refractivity contribution >= 4 is 42.7 Å². The first-order valence-electron chi connectivity index (χ1n) is 8.56. The highest BCUT2D eigenvalue weighted by molar-refractivity contribution is 9.10. The molecule has 2 aromatic heterocycles. The number of nitrogens with zero attached hydrogens (tertiary/aromatic N) is 3. The van der Waals surface area contributed by atoms with Gasteiger partial charge in [0.1, 0.15) is 10.7 Å². The van der Waals surface area contributed by atoms with E-state index in [1.165, 1.54) is 12.8 Å². The van der Waals surface area contributed by atoms with E-state index < -0.39 is 10.0 Å². The number of hydrogen-bond acceptors (Lipinski definition) is 4. The van der Waals surface area contributed by atoms with Gasteiger partial charge in [-0.25, -0.2) is 13.4 Å². The largest absolute Gasteiger partial charge is 0.330 e. The summed E-state index contributed by atoms with van der Waals surface area (Å²) in [5.74, 6) is 1.17. The summed E-state index contributed by atoms with van der Waals surface area (Å²) >= 11 is 3.38. The van der Waals surface area contributed by atoms with Crippen molar-refractivity contribution in [1.82, 2.24) is 14.5 Å². The van der Waals surface area contributed by atoms with Crippen LogP contribution < -0.4 is 4.72 Å². The molecule has 1 aliphatic carbocycles. The van der Waals surface area contributed by atoms with Crippen molar-refractivity contribution in [2.45, 2.75) is 43.5 Å². The van der Waals surface area contributed by atoms with Crippen LogP contribution in [0.5, 0.6) is 0 Å². The molecule has 0 spiro atoms. The molecule has 1 aromatic carbocycles. The molecule has 2 heterocycles. The highest BCUT2D eigenvalue weighted by Crippen LogP contribution is 2.32. The van der Waals surface area contributed by atoms with Gasteiger partial charge in [-0.2, -0.15) is 0 Å². The van der Waals surface area contributed by atoms with Gasteiger partial charge in [0.05, 0.1) is 5.52 Å². The summed E-state index contributed by atoms with van der Waals surface area (Å²) in [6, 6.07) is 7.45. The Hall–Kier alpha value is -1.93. The molecule has 26 heavy (non-hydrogen) atoms. The molecule has 0 atom stereocenters. The van der Waals surface area contributed by atoms with Gasteiger partial charge in [-0.1, -0.05) is 34.8 Å². The zero-order valence-electron chi connectivity index (χ0n) is 14.3. The Morgan fingerprint density at radius 1 is 1.27 bits per heavy atom. The molecular formula is C18H19BrN4O2S. The second-order valence-corrected chi connectivity index (χ2v) is 9.17. The maximum absolute atomic E-state index is 13.0. The van der Waals surface area contributed by atoms with Crippen LogP contribution in [0.3, 0.4) is 0 Å². The van der Waals surface area contributed by atoms with Crippen LogP contribution in [0.2, 0.25) is 0 Å². The zero-order valence-corrected chi connectivity index (χ0v) is 16.7. The van der Waals surface area contributed by atoms with E-state index in [9.17, 15) is 8.42 Å². The Balaban J connectivity index is 1.71. The van der Waals surface area contributed by atoms with Crippen molar-refractivity contribution in [3.05, 3.63) is 47.0 Å². The summed E-state index contributed by atoms with van der Waals surface area (Å²) in [5, 5.41) is 0.759. The van der Waals surface area contributed by atoms with Gasteiger partial charge in [0.15, 0.2) is 5.82 Å². The highest BCUT2D eigenvalue weighted by Gasteiger charge is 2.23. The van der Waals surface area contributed by atoms with Crippen molar-refractivity contribution in [3.63, 3.8) is 0 Å². The number of hydrogen-bond donors (Lipinski definition) is 1. The molecule has 0 amide bonds. The normalized spacial score (nSPS) is 15.6. The second-order valence-electron chi connectivity index (χ2n) is 6.60. The molecule has 4 rings (SSSR count). The number of rotatable bonds is 4. The van der Waals surface area contributed by atoms with Gasteiger partial charge in [0.2, 0.25) is 0 Å². The third kappa shape index (κ3) is 3.23. The summed E-state index contributed by atoms with van der Waals surface area (Å²) in [6.45, 7) is 1.91. The van der Waals surface area contributed by atoms with Gasteiger partial charge >= 0.3 is 0 Å². The fraction of sp³-hybridized carbons (Fsp3) is 0.333. The fourth-order valence-electron chi connectivity index (χ4n) is 3.61. The molecule has 1 aliphatic rings. The van der Waals surface area contributed by atoms with Crippen molar-refractivity contribution in [2.24, 2.45) is 0 Å². The zero-order chi connectivity index (χ0) is 18.3. The van der Waals surface area contributed by atoms with E-state index in [1.807, 2.05) is 19.1 Å². The summed E-state index contributed by atoms with van der Waals surface area (Å²) < 4.78 is 31.4. The summed E-state index contributed by atoms with van der Waals surface area (Å²) in [4.78, 5) is 8.79. The lowest BCUT2D eigenvalue weighted by molar-refractivity contribution is 0.506. The standard InChI is InChI=1S/C18H19BrN4O2S/c1-12-21-17(11-23(12)15-6-2-3-7-15)22-26(24,25)16-10-14(19)9-13-5-4-8-20-18(13)16/h4-5,8-11,15,22H,2-3,6-7H2,1H3. The molecule has 1 N–H and O–H groups in total. The number of sulfonamides is 1. The minimum absolute atomic E-state index is 0.135. The average molecular weight is 435 g/mol. The van der Waals surface area contributed by atoms with Crippen LogP contribution in [0.1, 0.15) is 37.5 Å². The third-order valence-corrected chi connectivity index (χ3v) is 6.62. The Bertz CT molecular complexity index is 1070. The molecule has 8 heteroatoms. The molecule has 0 saturated heterocycles. The van der Waals surface area contributed by atoms with Crippen LogP contribution in [0.25, 0.3) is 10.9 Å². The van der Waals surface area contributed by atoms with Gasteiger partial charge in [-0.3, -0.25) is 9.71 Å². The van der Waals surface area contributed by atoms with Crippen LogP contribution >= 0.6 is 15.9 Å².